The number of H-pyrrole nitrogens is 1. The molecule has 2 N–H and O–H groups in total. The summed E-state index contributed by atoms with van der Waals surface area (Å²) in [5, 5.41) is 11.3. The molecule has 0 saturated heterocycles. The third kappa shape index (κ3) is 4.09. The molecule has 4 rings (SSSR count). The van der Waals surface area contributed by atoms with Crippen molar-refractivity contribution in [2.75, 3.05) is 0 Å². The van der Waals surface area contributed by atoms with Crippen molar-refractivity contribution in [1.82, 2.24) is 9.97 Å². The molecule has 0 radical (unpaired) electrons. The minimum atomic E-state index is -2.16. The third-order valence-corrected chi connectivity index (χ3v) is 13.6. The molecular formula is C29H30F2N2O2Si. The fraction of sp³-hybridized carbons (Fsp3) is 0.310. The summed E-state index contributed by atoms with van der Waals surface area (Å²) in [7, 11) is -2.16. The summed E-state index contributed by atoms with van der Waals surface area (Å²) in [6, 6.07) is 9.25. The topological polar surface area (TPSA) is 66.0 Å². The van der Waals surface area contributed by atoms with Crippen LogP contribution in [0.2, 0.25) is 16.6 Å². The van der Waals surface area contributed by atoms with Gasteiger partial charge in [-0.25, -0.2) is 8.78 Å². The molecule has 2 aromatic heterocycles. The summed E-state index contributed by atoms with van der Waals surface area (Å²) >= 11 is 0. The van der Waals surface area contributed by atoms with Gasteiger partial charge in [-0.2, -0.15) is 0 Å². The molecule has 0 atom stereocenters. The average Bonchev–Trinajstić information content (AvgIpc) is 2.80. The van der Waals surface area contributed by atoms with E-state index in [-0.39, 0.29) is 27.9 Å². The lowest BCUT2D eigenvalue weighted by Gasteiger charge is -2.38. The van der Waals surface area contributed by atoms with Gasteiger partial charge < -0.3 is 10.1 Å². The van der Waals surface area contributed by atoms with Crippen LogP contribution in [-0.2, 0) is 0 Å². The lowest BCUT2D eigenvalue weighted by Crippen LogP contribution is -2.43. The minimum absolute atomic E-state index is 0.0527. The van der Waals surface area contributed by atoms with Crippen LogP contribution in [0.1, 0.15) is 47.1 Å². The summed E-state index contributed by atoms with van der Waals surface area (Å²) in [5.74, 6) is 1.58. The Hall–Kier alpha value is -3.50. The smallest absolute Gasteiger partial charge is 0.252 e. The molecule has 7 heteroatoms. The van der Waals surface area contributed by atoms with Gasteiger partial charge in [-0.1, -0.05) is 71.7 Å². The highest BCUT2D eigenvalue weighted by molar-refractivity contribution is 6.90. The standard InChI is InChI=1S/C29H30F2N2O2Si/c1-16(2)36(17(3)4,18(5)6)13-12-20-23(30)11-10-19-8-7-9-21(26(19)20)28-27(31)29-22(15-32-28)24(34)14-25(35)33-29/h7-11,14-18H,1-6H3,(H2,33,34,35). The zero-order valence-corrected chi connectivity index (χ0v) is 22.3. The van der Waals surface area contributed by atoms with E-state index in [0.717, 1.165) is 6.07 Å². The van der Waals surface area contributed by atoms with Crippen molar-refractivity contribution in [3.8, 4) is 28.5 Å². The van der Waals surface area contributed by atoms with Crippen LogP contribution in [0.5, 0.6) is 5.75 Å². The summed E-state index contributed by atoms with van der Waals surface area (Å²) in [6.45, 7) is 13.1. The van der Waals surface area contributed by atoms with Gasteiger partial charge in [-0.05, 0) is 28.1 Å². The van der Waals surface area contributed by atoms with E-state index >= 15 is 8.78 Å². The second kappa shape index (κ2) is 9.51. The quantitative estimate of drug-likeness (QED) is 0.226. The number of hydrogen-bond donors (Lipinski definition) is 2. The number of aromatic nitrogens is 2. The van der Waals surface area contributed by atoms with E-state index in [1.807, 2.05) is 6.07 Å². The Labute approximate surface area is 210 Å². The Bertz CT molecular complexity index is 1570. The van der Waals surface area contributed by atoms with E-state index in [1.165, 1.54) is 12.3 Å². The van der Waals surface area contributed by atoms with Crippen molar-refractivity contribution < 1.29 is 13.9 Å². The van der Waals surface area contributed by atoms with Gasteiger partial charge in [0.05, 0.1) is 16.5 Å². The summed E-state index contributed by atoms with van der Waals surface area (Å²) in [5.41, 5.74) is 4.41. The molecule has 4 nitrogen and oxygen atoms in total. The lowest BCUT2D eigenvalue weighted by atomic mass is 9.96. The van der Waals surface area contributed by atoms with Gasteiger partial charge in [0.25, 0.3) is 5.56 Å². The Balaban J connectivity index is 2.06. The molecule has 2 heterocycles. The fourth-order valence-electron chi connectivity index (χ4n) is 5.63. The molecule has 0 unspecified atom stereocenters. The maximum Gasteiger partial charge on any atom is 0.252 e. The summed E-state index contributed by atoms with van der Waals surface area (Å²) in [4.78, 5) is 18.6. The van der Waals surface area contributed by atoms with Crippen molar-refractivity contribution >= 4 is 29.7 Å². The Kier molecular flexibility index (Phi) is 6.76. The number of pyridine rings is 2. The molecule has 0 aliphatic carbocycles. The highest BCUT2D eigenvalue weighted by atomic mass is 28.3. The Morgan fingerprint density at radius 3 is 2.31 bits per heavy atom. The van der Waals surface area contributed by atoms with Crippen LogP contribution < -0.4 is 5.56 Å². The molecule has 186 valence electrons. The van der Waals surface area contributed by atoms with E-state index in [0.29, 0.717) is 33.0 Å². The number of nitrogens with one attached hydrogen (secondary N) is 1. The van der Waals surface area contributed by atoms with Crippen LogP contribution in [0.4, 0.5) is 8.78 Å². The molecule has 2 aromatic carbocycles. The number of rotatable bonds is 4. The summed E-state index contributed by atoms with van der Waals surface area (Å²) < 4.78 is 31.1. The van der Waals surface area contributed by atoms with Crippen LogP contribution in [0.3, 0.4) is 0 Å². The van der Waals surface area contributed by atoms with Gasteiger partial charge in [0, 0.05) is 23.2 Å². The molecule has 0 spiro atoms. The Morgan fingerprint density at radius 1 is 1.00 bits per heavy atom. The number of hydrogen-bond acceptors (Lipinski definition) is 3. The van der Waals surface area contributed by atoms with Gasteiger partial charge in [-0.15, -0.1) is 5.54 Å². The van der Waals surface area contributed by atoms with Gasteiger partial charge in [0.2, 0.25) is 0 Å². The van der Waals surface area contributed by atoms with Crippen molar-refractivity contribution in [1.29, 1.82) is 0 Å². The number of aromatic hydroxyl groups is 1. The molecule has 0 aliphatic heterocycles. The van der Waals surface area contributed by atoms with Gasteiger partial charge >= 0.3 is 0 Å². The molecule has 0 aliphatic rings. The van der Waals surface area contributed by atoms with Gasteiger partial charge in [0.1, 0.15) is 25.3 Å². The van der Waals surface area contributed by atoms with Crippen LogP contribution in [-0.4, -0.2) is 23.1 Å². The maximum absolute atomic E-state index is 15.7. The predicted octanol–water partition coefficient (Wildman–Crippen LogP) is 7.30. The first-order valence-corrected chi connectivity index (χ1v) is 14.4. The maximum atomic E-state index is 15.7. The van der Waals surface area contributed by atoms with Crippen LogP contribution in [0, 0.1) is 23.1 Å². The van der Waals surface area contributed by atoms with Crippen molar-refractivity contribution in [3.63, 3.8) is 0 Å². The van der Waals surface area contributed by atoms with E-state index < -0.39 is 25.3 Å². The first-order chi connectivity index (χ1) is 17.0. The molecule has 4 aromatic rings. The van der Waals surface area contributed by atoms with Crippen molar-refractivity contribution in [2.24, 2.45) is 0 Å². The zero-order chi connectivity index (χ0) is 26.4. The Morgan fingerprint density at radius 2 is 1.67 bits per heavy atom. The SMILES string of the molecule is CC(C)[Si](C#Cc1c(F)ccc2cccc(-c3ncc4c(O)cc(=O)[nH]c4c3F)c12)(C(C)C)C(C)C. The van der Waals surface area contributed by atoms with E-state index in [1.54, 1.807) is 18.2 Å². The lowest BCUT2D eigenvalue weighted by molar-refractivity contribution is 0.480. The first-order valence-electron chi connectivity index (χ1n) is 12.1. The number of benzene rings is 2. The van der Waals surface area contributed by atoms with Crippen LogP contribution in [0.25, 0.3) is 32.9 Å². The third-order valence-electron chi connectivity index (χ3n) is 7.33. The van der Waals surface area contributed by atoms with E-state index in [9.17, 15) is 9.90 Å². The monoisotopic (exact) mass is 504 g/mol. The normalized spacial score (nSPS) is 12.1. The second-order valence-corrected chi connectivity index (χ2v) is 15.8. The highest BCUT2D eigenvalue weighted by Gasteiger charge is 2.41. The molecule has 0 amide bonds. The number of aromatic amines is 1. The van der Waals surface area contributed by atoms with Crippen molar-refractivity contribution in [2.45, 2.75) is 58.2 Å². The number of halogens is 2. The second-order valence-electron chi connectivity index (χ2n) is 10.2. The van der Waals surface area contributed by atoms with Crippen molar-refractivity contribution in [3.05, 3.63) is 70.1 Å². The molecule has 0 saturated carbocycles. The average molecular weight is 505 g/mol. The van der Waals surface area contributed by atoms with Gasteiger partial charge in [0.15, 0.2) is 5.82 Å². The largest absolute Gasteiger partial charge is 0.507 e. The minimum Gasteiger partial charge on any atom is -0.507 e. The first kappa shape index (κ1) is 25.6. The van der Waals surface area contributed by atoms with Crippen LogP contribution in [0.15, 0.2) is 47.4 Å². The van der Waals surface area contributed by atoms with E-state index in [2.05, 4.69) is 63.0 Å². The zero-order valence-electron chi connectivity index (χ0n) is 21.3. The fourth-order valence-corrected chi connectivity index (χ4v) is 10.8. The highest BCUT2D eigenvalue weighted by Crippen LogP contribution is 2.41. The predicted molar refractivity (Wildman–Crippen MR) is 145 cm³/mol. The molecule has 36 heavy (non-hydrogen) atoms. The molecular weight excluding hydrogens is 474 g/mol. The van der Waals surface area contributed by atoms with Crippen LogP contribution >= 0.6 is 0 Å². The molecule has 0 fully saturated rings. The summed E-state index contributed by atoms with van der Waals surface area (Å²) in [6.07, 6.45) is 1.30. The number of fused-ring (bicyclic) bond motifs is 2. The van der Waals surface area contributed by atoms with E-state index in [4.69, 9.17) is 0 Å². The van der Waals surface area contributed by atoms with Gasteiger partial charge in [-0.3, -0.25) is 9.78 Å². The number of nitrogens with zero attached hydrogens (tertiary/aromatic N) is 1. The molecule has 0 bridgehead atoms.